The zero-order chi connectivity index (χ0) is 31.0. The molecule has 1 aliphatic rings. The summed E-state index contributed by atoms with van der Waals surface area (Å²) in [7, 11) is 0. The number of aromatic nitrogens is 1. The number of hydrogen-bond donors (Lipinski definition) is 0. The summed E-state index contributed by atoms with van der Waals surface area (Å²) in [6.45, 7) is 1.83. The molecule has 1 aromatic heterocycles. The van der Waals surface area contributed by atoms with E-state index in [1.165, 1.54) is 23.2 Å². The van der Waals surface area contributed by atoms with Crippen LogP contribution in [-0.4, -0.2) is 22.6 Å². The van der Waals surface area contributed by atoms with E-state index in [9.17, 15) is 27.6 Å². The molecular weight excluding hydrogens is 569 g/mol. The largest absolute Gasteiger partial charge is 0.486 e. The molecule has 2 amide bonds. The minimum atomic E-state index is -4.64. The number of nitrogens with zero attached hydrogens (tertiary/aromatic N) is 2. The van der Waals surface area contributed by atoms with Gasteiger partial charge in [-0.3, -0.25) is 24.3 Å². The number of halogens is 3. The summed E-state index contributed by atoms with van der Waals surface area (Å²) in [6.07, 6.45) is -3.50. The fourth-order valence-corrected chi connectivity index (χ4v) is 5.44. The lowest BCUT2D eigenvalue weighted by Crippen LogP contribution is -2.28. The van der Waals surface area contributed by atoms with Crippen molar-refractivity contribution in [2.75, 3.05) is 4.90 Å². The molecule has 6 rings (SSSR count). The summed E-state index contributed by atoms with van der Waals surface area (Å²) in [5.41, 5.74) is 1.47. The van der Waals surface area contributed by atoms with Crippen molar-refractivity contribution in [2.24, 2.45) is 0 Å². The van der Waals surface area contributed by atoms with Gasteiger partial charge in [0.1, 0.15) is 11.9 Å². The van der Waals surface area contributed by atoms with Gasteiger partial charge < -0.3 is 4.74 Å². The van der Waals surface area contributed by atoms with Gasteiger partial charge in [0.25, 0.3) is 0 Å². The number of pyridine rings is 1. The third-order valence-corrected chi connectivity index (χ3v) is 7.59. The van der Waals surface area contributed by atoms with Crippen LogP contribution in [0.3, 0.4) is 0 Å². The fourth-order valence-electron chi connectivity index (χ4n) is 5.44. The standard InChI is InChI=1S/C35H25F3N2O4/c1-21(22-13-15-25(16-14-22)40-30(41)17-18-31(40)42)44-26-10-5-9-24(19-26)32-27-11-6-12-29(35(36,37)38)33(27)39-20-28(32)34(43)23-7-3-2-4-8-23/h2-16,19-21H,17-18H2,1H3. The molecule has 0 bridgehead atoms. The Kier molecular flexibility index (Phi) is 7.47. The second-order valence-electron chi connectivity index (χ2n) is 10.4. The van der Waals surface area contributed by atoms with Gasteiger partial charge in [-0.2, -0.15) is 13.2 Å². The van der Waals surface area contributed by atoms with Gasteiger partial charge in [-0.1, -0.05) is 66.7 Å². The Bertz CT molecular complexity index is 1890. The van der Waals surface area contributed by atoms with Gasteiger partial charge in [0, 0.05) is 41.1 Å². The molecule has 0 radical (unpaired) electrons. The number of anilines is 1. The smallest absolute Gasteiger partial charge is 0.418 e. The van der Waals surface area contributed by atoms with Crippen LogP contribution in [0.2, 0.25) is 0 Å². The Labute approximate surface area is 250 Å². The fraction of sp³-hybridized carbons (Fsp3) is 0.143. The first-order valence-electron chi connectivity index (χ1n) is 13.9. The normalized spacial score (nSPS) is 14.2. The predicted molar refractivity (Wildman–Crippen MR) is 159 cm³/mol. The Morgan fingerprint density at radius 1 is 0.864 bits per heavy atom. The highest BCUT2D eigenvalue weighted by molar-refractivity contribution is 6.20. The van der Waals surface area contributed by atoms with E-state index in [1.807, 2.05) is 6.92 Å². The van der Waals surface area contributed by atoms with Crippen molar-refractivity contribution in [3.05, 3.63) is 126 Å². The first-order chi connectivity index (χ1) is 21.1. The minimum absolute atomic E-state index is 0.162. The van der Waals surface area contributed by atoms with Crippen molar-refractivity contribution in [1.29, 1.82) is 0 Å². The van der Waals surface area contributed by atoms with E-state index >= 15 is 0 Å². The number of ether oxygens (including phenoxy) is 1. The zero-order valence-electron chi connectivity index (χ0n) is 23.5. The van der Waals surface area contributed by atoms with Gasteiger partial charge in [-0.25, -0.2) is 0 Å². The average Bonchev–Trinajstić information content (AvgIpc) is 3.37. The van der Waals surface area contributed by atoms with E-state index in [4.69, 9.17) is 4.74 Å². The van der Waals surface area contributed by atoms with Gasteiger partial charge in [0.15, 0.2) is 5.78 Å². The number of alkyl halides is 3. The van der Waals surface area contributed by atoms with Crippen LogP contribution in [0.1, 0.15) is 52.9 Å². The molecule has 44 heavy (non-hydrogen) atoms. The molecular formula is C35H25F3N2O4. The number of ketones is 1. The topological polar surface area (TPSA) is 76.6 Å². The number of para-hydroxylation sites is 1. The van der Waals surface area contributed by atoms with Crippen LogP contribution in [0.15, 0.2) is 103 Å². The molecule has 0 spiro atoms. The number of carbonyl (C=O) groups excluding carboxylic acids is 3. The van der Waals surface area contributed by atoms with E-state index in [0.717, 1.165) is 11.6 Å². The second kappa shape index (κ2) is 11.4. The minimum Gasteiger partial charge on any atom is -0.486 e. The van der Waals surface area contributed by atoms with Crippen molar-refractivity contribution < 1.29 is 32.3 Å². The number of imide groups is 1. The summed E-state index contributed by atoms with van der Waals surface area (Å²) in [6, 6.07) is 26.1. The molecule has 5 aromatic rings. The highest BCUT2D eigenvalue weighted by atomic mass is 19.4. The van der Waals surface area contributed by atoms with Crippen molar-refractivity contribution in [1.82, 2.24) is 4.98 Å². The summed E-state index contributed by atoms with van der Waals surface area (Å²) < 4.78 is 48.0. The lowest BCUT2D eigenvalue weighted by molar-refractivity contribution is -0.136. The molecule has 1 unspecified atom stereocenters. The van der Waals surface area contributed by atoms with E-state index < -0.39 is 17.8 Å². The molecule has 4 aromatic carbocycles. The molecule has 6 nitrogen and oxygen atoms in total. The molecule has 9 heteroatoms. The highest BCUT2D eigenvalue weighted by Crippen LogP contribution is 2.40. The summed E-state index contributed by atoms with van der Waals surface area (Å²) >= 11 is 0. The average molecular weight is 595 g/mol. The number of hydrogen-bond acceptors (Lipinski definition) is 5. The highest BCUT2D eigenvalue weighted by Gasteiger charge is 2.34. The summed E-state index contributed by atoms with van der Waals surface area (Å²) in [5, 5.41) is 0.188. The molecule has 1 aliphatic heterocycles. The first kappa shape index (κ1) is 28.8. The SMILES string of the molecule is CC(Oc1cccc(-c2c(C(=O)c3ccccc3)cnc3c(C(F)(F)F)cccc23)c1)c1ccc(N2C(=O)CCC2=O)cc1. The lowest BCUT2D eigenvalue weighted by Gasteiger charge is -2.19. The van der Waals surface area contributed by atoms with E-state index in [0.29, 0.717) is 28.1 Å². The summed E-state index contributed by atoms with van der Waals surface area (Å²) in [5.74, 6) is -0.416. The van der Waals surface area contributed by atoms with Gasteiger partial charge in [0.2, 0.25) is 11.8 Å². The maximum Gasteiger partial charge on any atom is 0.418 e. The van der Waals surface area contributed by atoms with Gasteiger partial charge in [-0.15, -0.1) is 0 Å². The number of fused-ring (bicyclic) bond motifs is 1. The Hall–Kier alpha value is -5.31. The Balaban J connectivity index is 1.38. The zero-order valence-corrected chi connectivity index (χ0v) is 23.5. The van der Waals surface area contributed by atoms with E-state index in [-0.39, 0.29) is 46.9 Å². The Morgan fingerprint density at radius 2 is 1.55 bits per heavy atom. The predicted octanol–water partition coefficient (Wildman–Crippen LogP) is 7.95. The maximum atomic E-state index is 13.9. The van der Waals surface area contributed by atoms with Crippen LogP contribution >= 0.6 is 0 Å². The van der Waals surface area contributed by atoms with Crippen LogP contribution in [0.4, 0.5) is 18.9 Å². The number of amides is 2. The van der Waals surface area contributed by atoms with Gasteiger partial charge >= 0.3 is 6.18 Å². The second-order valence-corrected chi connectivity index (χ2v) is 10.4. The lowest BCUT2D eigenvalue weighted by atomic mass is 9.91. The van der Waals surface area contributed by atoms with Crippen LogP contribution in [0.25, 0.3) is 22.0 Å². The molecule has 0 saturated carbocycles. The quantitative estimate of drug-likeness (QED) is 0.141. The first-order valence-corrected chi connectivity index (χ1v) is 13.9. The third kappa shape index (κ3) is 5.44. The number of benzene rings is 4. The molecule has 0 N–H and O–H groups in total. The monoisotopic (exact) mass is 594 g/mol. The third-order valence-electron chi connectivity index (χ3n) is 7.59. The molecule has 1 saturated heterocycles. The van der Waals surface area contributed by atoms with E-state index in [2.05, 4.69) is 4.98 Å². The van der Waals surface area contributed by atoms with Gasteiger partial charge in [-0.05, 0) is 48.4 Å². The Morgan fingerprint density at radius 3 is 2.23 bits per heavy atom. The molecule has 1 fully saturated rings. The van der Waals surface area contributed by atoms with Crippen molar-refractivity contribution in [3.8, 4) is 16.9 Å². The molecule has 1 atom stereocenters. The summed E-state index contributed by atoms with van der Waals surface area (Å²) in [4.78, 5) is 43.1. The molecule has 220 valence electrons. The van der Waals surface area contributed by atoms with Crippen molar-refractivity contribution in [2.45, 2.75) is 32.0 Å². The van der Waals surface area contributed by atoms with E-state index in [1.54, 1.807) is 78.9 Å². The van der Waals surface area contributed by atoms with Crippen molar-refractivity contribution >= 4 is 34.2 Å². The van der Waals surface area contributed by atoms with Gasteiger partial charge in [0.05, 0.1) is 16.8 Å². The van der Waals surface area contributed by atoms with Crippen LogP contribution in [0, 0.1) is 0 Å². The number of carbonyl (C=O) groups is 3. The van der Waals surface area contributed by atoms with Crippen LogP contribution < -0.4 is 9.64 Å². The maximum absolute atomic E-state index is 13.9. The molecule has 2 heterocycles. The number of rotatable bonds is 7. The molecule has 0 aliphatic carbocycles. The van der Waals surface area contributed by atoms with Crippen LogP contribution in [-0.2, 0) is 15.8 Å². The van der Waals surface area contributed by atoms with Crippen LogP contribution in [0.5, 0.6) is 5.75 Å². The van der Waals surface area contributed by atoms with Crippen molar-refractivity contribution in [3.63, 3.8) is 0 Å².